The molecule has 3 aromatic rings. The molecule has 0 atom stereocenters. The number of tetrazole rings is 1. The molecule has 1 aliphatic rings. The number of nitrogens with zero attached hydrogens (tertiary/aromatic N) is 6. The third-order valence-corrected chi connectivity index (χ3v) is 5.24. The minimum atomic E-state index is -0.299. The van der Waals surface area contributed by atoms with E-state index in [4.69, 9.17) is 0 Å². The second-order valence-corrected chi connectivity index (χ2v) is 7.12. The molecule has 3 aromatic heterocycles. The van der Waals surface area contributed by atoms with E-state index in [0.29, 0.717) is 55.3 Å². The summed E-state index contributed by atoms with van der Waals surface area (Å²) >= 11 is 0. The first-order valence-corrected chi connectivity index (χ1v) is 9.64. The molecule has 0 bridgehead atoms. The van der Waals surface area contributed by atoms with E-state index >= 15 is 0 Å². The summed E-state index contributed by atoms with van der Waals surface area (Å²) in [5.74, 6) is 1.79. The van der Waals surface area contributed by atoms with Gasteiger partial charge in [0.15, 0.2) is 11.5 Å². The summed E-state index contributed by atoms with van der Waals surface area (Å²) in [5, 5.41) is 13.8. The van der Waals surface area contributed by atoms with Gasteiger partial charge in [-0.2, -0.15) is 5.21 Å². The van der Waals surface area contributed by atoms with Gasteiger partial charge in [-0.15, -0.1) is 10.2 Å². The van der Waals surface area contributed by atoms with E-state index in [2.05, 4.69) is 30.6 Å². The molecule has 0 amide bonds. The average Bonchev–Trinajstić information content (AvgIpc) is 3.41. The van der Waals surface area contributed by atoms with Crippen molar-refractivity contribution in [2.24, 2.45) is 0 Å². The Labute approximate surface area is 155 Å². The van der Waals surface area contributed by atoms with Gasteiger partial charge >= 0.3 is 5.69 Å². The Hall–Kier alpha value is -2.78. The van der Waals surface area contributed by atoms with Crippen LogP contribution in [0.3, 0.4) is 0 Å². The molecule has 1 fully saturated rings. The quantitative estimate of drug-likeness (QED) is 0.639. The van der Waals surface area contributed by atoms with Crippen LogP contribution in [-0.4, -0.2) is 39.7 Å². The van der Waals surface area contributed by atoms with Gasteiger partial charge < -0.3 is 4.98 Å². The lowest BCUT2D eigenvalue weighted by atomic mass is 10.1. The number of aryl methyl sites for hydroxylation is 2. The molecular formula is C17H24N8O2. The van der Waals surface area contributed by atoms with E-state index in [9.17, 15) is 9.59 Å². The van der Waals surface area contributed by atoms with E-state index in [1.807, 2.05) is 6.92 Å². The Morgan fingerprint density at radius 2 is 1.96 bits per heavy atom. The summed E-state index contributed by atoms with van der Waals surface area (Å²) < 4.78 is 2.93. The van der Waals surface area contributed by atoms with Gasteiger partial charge in [0, 0.05) is 25.4 Å². The van der Waals surface area contributed by atoms with Crippen LogP contribution >= 0.6 is 0 Å². The van der Waals surface area contributed by atoms with E-state index < -0.39 is 0 Å². The summed E-state index contributed by atoms with van der Waals surface area (Å²) in [7, 11) is 0. The summed E-state index contributed by atoms with van der Waals surface area (Å²) in [4.78, 5) is 33.7. The van der Waals surface area contributed by atoms with Gasteiger partial charge in [-0.3, -0.25) is 13.9 Å². The highest BCUT2D eigenvalue weighted by Crippen LogP contribution is 2.32. The number of rotatable bonds is 7. The van der Waals surface area contributed by atoms with E-state index in [-0.39, 0.29) is 11.2 Å². The predicted octanol–water partition coefficient (Wildman–Crippen LogP) is 1.10. The lowest BCUT2D eigenvalue weighted by Crippen LogP contribution is -2.40. The van der Waals surface area contributed by atoms with Crippen molar-refractivity contribution in [3.8, 4) is 0 Å². The molecule has 144 valence electrons. The highest BCUT2D eigenvalue weighted by atomic mass is 16.2. The van der Waals surface area contributed by atoms with Crippen LogP contribution in [0.1, 0.15) is 63.0 Å². The topological polar surface area (TPSA) is 127 Å². The highest BCUT2D eigenvalue weighted by molar-refractivity contribution is 5.70. The fourth-order valence-electron chi connectivity index (χ4n) is 3.88. The van der Waals surface area contributed by atoms with Crippen LogP contribution in [0.25, 0.3) is 11.2 Å². The molecular weight excluding hydrogens is 348 g/mol. The number of imidazole rings is 1. The number of H-pyrrole nitrogens is 2. The molecule has 1 saturated carbocycles. The molecule has 0 spiro atoms. The standard InChI is InChI=1S/C17H24N8O2/c1-2-9-25-16(26)13-15(19-14(18-13)11-6-3-4-7-11)24(17(25)27)10-5-8-12-20-22-23-21-12/h11H,2-10H2,1H3,(H,18,19)(H,20,21,22,23). The van der Waals surface area contributed by atoms with Gasteiger partial charge in [-0.05, 0) is 25.7 Å². The van der Waals surface area contributed by atoms with Crippen LogP contribution in [0.2, 0.25) is 0 Å². The second-order valence-electron chi connectivity index (χ2n) is 7.12. The van der Waals surface area contributed by atoms with Gasteiger partial charge in [0.05, 0.1) is 0 Å². The maximum absolute atomic E-state index is 12.9. The van der Waals surface area contributed by atoms with Crippen molar-refractivity contribution >= 4 is 11.2 Å². The largest absolute Gasteiger partial charge is 0.336 e. The van der Waals surface area contributed by atoms with Crippen LogP contribution in [0.15, 0.2) is 9.59 Å². The molecule has 3 heterocycles. The summed E-state index contributed by atoms with van der Waals surface area (Å²) in [6.07, 6.45) is 6.48. The van der Waals surface area contributed by atoms with Gasteiger partial charge in [0.25, 0.3) is 5.56 Å². The van der Waals surface area contributed by atoms with Gasteiger partial charge in [-0.1, -0.05) is 25.0 Å². The van der Waals surface area contributed by atoms with E-state index in [1.165, 1.54) is 17.4 Å². The molecule has 10 nitrogen and oxygen atoms in total. The lowest BCUT2D eigenvalue weighted by Gasteiger charge is -2.10. The molecule has 4 rings (SSSR count). The maximum atomic E-state index is 12.9. The van der Waals surface area contributed by atoms with E-state index in [1.54, 1.807) is 4.57 Å². The number of fused-ring (bicyclic) bond motifs is 1. The molecule has 0 radical (unpaired) electrons. The minimum absolute atomic E-state index is 0.275. The maximum Gasteiger partial charge on any atom is 0.332 e. The molecule has 0 aromatic carbocycles. The Balaban J connectivity index is 1.74. The van der Waals surface area contributed by atoms with Crippen molar-refractivity contribution in [3.05, 3.63) is 32.5 Å². The summed E-state index contributed by atoms with van der Waals surface area (Å²) in [6, 6.07) is 0. The SMILES string of the molecule is CCCn1c(=O)c2[nH]c(C3CCCC3)nc2n(CCCc2nn[nH]n2)c1=O. The van der Waals surface area contributed by atoms with Crippen LogP contribution < -0.4 is 11.2 Å². The van der Waals surface area contributed by atoms with Crippen molar-refractivity contribution in [1.82, 2.24) is 39.7 Å². The second kappa shape index (κ2) is 7.45. The summed E-state index contributed by atoms with van der Waals surface area (Å²) in [5.41, 5.74) is 0.326. The van der Waals surface area contributed by atoms with Crippen molar-refractivity contribution in [3.63, 3.8) is 0 Å². The Morgan fingerprint density at radius 3 is 2.67 bits per heavy atom. The average molecular weight is 372 g/mol. The number of aromatic nitrogens is 8. The smallest absolute Gasteiger partial charge is 0.332 e. The van der Waals surface area contributed by atoms with Crippen LogP contribution in [-0.2, 0) is 19.5 Å². The predicted molar refractivity (Wildman–Crippen MR) is 98.6 cm³/mol. The minimum Gasteiger partial charge on any atom is -0.336 e. The molecule has 0 aliphatic heterocycles. The normalized spacial score (nSPS) is 15.1. The van der Waals surface area contributed by atoms with Gasteiger partial charge in [-0.25, -0.2) is 9.78 Å². The number of hydrogen-bond acceptors (Lipinski definition) is 6. The monoisotopic (exact) mass is 372 g/mol. The molecule has 0 saturated heterocycles. The number of hydrogen-bond donors (Lipinski definition) is 2. The van der Waals surface area contributed by atoms with Crippen molar-refractivity contribution in [2.75, 3.05) is 0 Å². The van der Waals surface area contributed by atoms with Crippen molar-refractivity contribution in [2.45, 2.75) is 70.9 Å². The van der Waals surface area contributed by atoms with Crippen LogP contribution in [0, 0.1) is 0 Å². The lowest BCUT2D eigenvalue weighted by molar-refractivity contribution is 0.543. The fraction of sp³-hybridized carbons (Fsp3) is 0.647. The first-order chi connectivity index (χ1) is 13.2. The first-order valence-electron chi connectivity index (χ1n) is 9.64. The number of aromatic amines is 2. The zero-order valence-corrected chi connectivity index (χ0v) is 15.4. The number of nitrogens with one attached hydrogen (secondary N) is 2. The Morgan fingerprint density at radius 1 is 1.15 bits per heavy atom. The van der Waals surface area contributed by atoms with Gasteiger partial charge in [0.2, 0.25) is 0 Å². The van der Waals surface area contributed by atoms with Crippen molar-refractivity contribution < 1.29 is 0 Å². The molecule has 1 aliphatic carbocycles. The Kier molecular flexibility index (Phi) is 4.87. The Bertz CT molecular complexity index is 1020. The van der Waals surface area contributed by atoms with Gasteiger partial charge in [0.1, 0.15) is 11.3 Å². The van der Waals surface area contributed by atoms with Crippen molar-refractivity contribution in [1.29, 1.82) is 0 Å². The molecule has 0 unspecified atom stereocenters. The third-order valence-electron chi connectivity index (χ3n) is 5.24. The first kappa shape index (κ1) is 17.6. The fourth-order valence-corrected chi connectivity index (χ4v) is 3.88. The van der Waals surface area contributed by atoms with E-state index in [0.717, 1.165) is 18.7 Å². The molecule has 10 heteroatoms. The molecule has 27 heavy (non-hydrogen) atoms. The zero-order chi connectivity index (χ0) is 18.8. The zero-order valence-electron chi connectivity index (χ0n) is 15.4. The van der Waals surface area contributed by atoms with Crippen LogP contribution in [0.4, 0.5) is 0 Å². The highest BCUT2D eigenvalue weighted by Gasteiger charge is 2.23. The molecule has 2 N–H and O–H groups in total. The summed E-state index contributed by atoms with van der Waals surface area (Å²) in [6.45, 7) is 2.80. The third kappa shape index (κ3) is 3.31. The van der Waals surface area contributed by atoms with Crippen LogP contribution in [0.5, 0.6) is 0 Å².